The summed E-state index contributed by atoms with van der Waals surface area (Å²) in [5, 5.41) is 37.8. The largest absolute Gasteiger partial charge is 1.00 e. The molecule has 4 N–H and O–H groups in total. The molecule has 1 saturated heterocycles. The normalized spacial score (nSPS) is 29.2. The van der Waals surface area contributed by atoms with Crippen LogP contribution in [0.25, 0.3) is 0 Å². The van der Waals surface area contributed by atoms with Crippen LogP contribution in [0.2, 0.25) is 0 Å². The molecule has 2 heterocycles. The molecule has 1 aromatic heterocycles. The summed E-state index contributed by atoms with van der Waals surface area (Å²) in [5.41, 5.74) is -0.317. The standard InChI is InChI=1S/C9H14N3O8P.2Na/c10-5-1-2-12(9(15)11-5)8-7(20-21(16,17)18)6(14)4(3-13)19-8;;/h1-2,4,6-8,13-14H,3H2,(H2,10,11,15)(H2,16,17,18);;/q;2*+1/p-2. The van der Waals surface area contributed by atoms with Crippen molar-refractivity contribution in [1.29, 1.82) is 5.41 Å². The third-order valence-electron chi connectivity index (χ3n) is 2.85. The minimum absolute atomic E-state index is 0. The van der Waals surface area contributed by atoms with Gasteiger partial charge < -0.3 is 38.9 Å². The van der Waals surface area contributed by atoms with Crippen LogP contribution in [0.5, 0.6) is 6.01 Å². The van der Waals surface area contributed by atoms with Crippen LogP contribution in [0.1, 0.15) is 6.23 Å². The summed E-state index contributed by atoms with van der Waals surface area (Å²) in [6.45, 7) is -0.662. The summed E-state index contributed by atoms with van der Waals surface area (Å²) in [5.74, 6) is 0. The van der Waals surface area contributed by atoms with Gasteiger partial charge >= 0.3 is 59.1 Å². The van der Waals surface area contributed by atoms with Gasteiger partial charge in [0.15, 0.2) is 6.23 Å². The molecule has 0 amide bonds. The van der Waals surface area contributed by atoms with Gasteiger partial charge in [-0.15, -0.1) is 0 Å². The first-order valence-electron chi connectivity index (χ1n) is 5.70. The van der Waals surface area contributed by atoms with Gasteiger partial charge in [-0.1, -0.05) is 0 Å². The van der Waals surface area contributed by atoms with Crippen LogP contribution in [0.3, 0.4) is 0 Å². The van der Waals surface area contributed by atoms with Gasteiger partial charge in [0.2, 0.25) is 0 Å². The van der Waals surface area contributed by atoms with E-state index in [9.17, 15) is 19.7 Å². The van der Waals surface area contributed by atoms with Crippen molar-refractivity contribution in [3.05, 3.63) is 17.8 Å². The molecule has 1 fully saturated rings. The van der Waals surface area contributed by atoms with Crippen LogP contribution in [-0.2, 0) is 13.8 Å². The Kier molecular flexibility index (Phi) is 9.66. The minimum Gasteiger partial charge on any atom is -0.846 e. The fourth-order valence-electron chi connectivity index (χ4n) is 1.97. The second-order valence-electron chi connectivity index (χ2n) is 4.28. The van der Waals surface area contributed by atoms with Crippen molar-refractivity contribution in [2.24, 2.45) is 0 Å². The Morgan fingerprint density at radius 2 is 2.13 bits per heavy atom. The molecule has 1 aliphatic heterocycles. The average molecular weight is 367 g/mol. The number of nitrogens with zero attached hydrogens (tertiary/aromatic N) is 2. The molecule has 11 nitrogen and oxygen atoms in total. The monoisotopic (exact) mass is 367 g/mol. The van der Waals surface area contributed by atoms with E-state index in [1.165, 1.54) is 0 Å². The van der Waals surface area contributed by atoms with E-state index in [-0.39, 0.29) is 64.6 Å². The summed E-state index contributed by atoms with van der Waals surface area (Å²) in [6, 6.07) is 0.196. The van der Waals surface area contributed by atoms with Crippen LogP contribution >= 0.6 is 7.82 Å². The molecule has 0 saturated carbocycles. The fourth-order valence-corrected chi connectivity index (χ4v) is 2.50. The van der Waals surface area contributed by atoms with E-state index in [2.05, 4.69) is 9.51 Å². The van der Waals surface area contributed by atoms with Crippen molar-refractivity contribution in [1.82, 2.24) is 9.55 Å². The van der Waals surface area contributed by atoms with Crippen LogP contribution < -0.4 is 74.6 Å². The van der Waals surface area contributed by atoms with Gasteiger partial charge in [0.25, 0.3) is 7.82 Å². The fraction of sp³-hybridized carbons (Fsp3) is 0.556. The van der Waals surface area contributed by atoms with Crippen LogP contribution in [0.4, 0.5) is 0 Å². The smallest absolute Gasteiger partial charge is 0.846 e. The van der Waals surface area contributed by atoms with Gasteiger partial charge in [-0.3, -0.25) is 9.97 Å². The number of hydrogen-bond acceptors (Lipinski definition) is 9. The van der Waals surface area contributed by atoms with Crippen molar-refractivity contribution >= 4 is 7.82 Å². The molecule has 0 bridgehead atoms. The Hall–Kier alpha value is 0.670. The van der Waals surface area contributed by atoms with Gasteiger partial charge in [-0.2, -0.15) is 0 Å². The summed E-state index contributed by atoms with van der Waals surface area (Å²) in [7, 11) is -5.22. The second-order valence-corrected chi connectivity index (χ2v) is 5.43. The number of aliphatic hydroxyl groups is 2. The quantitative estimate of drug-likeness (QED) is 0.296. The SMILES string of the molecule is N=c1ccn(C2OC(CO)C(O)C2OP(=O)([O-])O)c([O-])n1.[Na+].[Na+]. The van der Waals surface area contributed by atoms with Gasteiger partial charge in [0.1, 0.15) is 23.8 Å². The molecule has 1 aromatic rings. The van der Waals surface area contributed by atoms with Gasteiger partial charge in [-0.25, -0.2) is 4.98 Å². The number of rotatable bonds is 4. The third kappa shape index (κ3) is 5.86. The predicted molar refractivity (Wildman–Crippen MR) is 59.2 cm³/mol. The molecular formula is C9H12N3Na2O8P. The maximum atomic E-state index is 11.7. The Bertz CT molecular complexity index is 625. The summed E-state index contributed by atoms with van der Waals surface area (Å²) in [6.07, 6.45) is -4.80. The minimum atomic E-state index is -5.22. The van der Waals surface area contributed by atoms with Crippen LogP contribution in [0, 0.1) is 5.41 Å². The van der Waals surface area contributed by atoms with Crippen molar-refractivity contribution in [2.75, 3.05) is 6.61 Å². The maximum Gasteiger partial charge on any atom is 1.00 e. The molecular weight excluding hydrogens is 355 g/mol. The zero-order chi connectivity index (χ0) is 15.8. The van der Waals surface area contributed by atoms with E-state index in [1.807, 2.05) is 0 Å². The molecule has 2 rings (SSSR count). The van der Waals surface area contributed by atoms with Gasteiger partial charge in [-0.05, 0) is 6.07 Å². The maximum absolute atomic E-state index is 11.7. The molecule has 1 aliphatic rings. The van der Waals surface area contributed by atoms with Crippen LogP contribution in [-0.4, -0.2) is 49.6 Å². The van der Waals surface area contributed by atoms with Crippen LogP contribution in [0.15, 0.2) is 12.3 Å². The molecule has 118 valence electrons. The number of hydrogen-bond donors (Lipinski definition) is 4. The predicted octanol–water partition coefficient (Wildman–Crippen LogP) is -9.46. The van der Waals surface area contributed by atoms with E-state index >= 15 is 0 Å². The molecule has 5 atom stereocenters. The van der Waals surface area contributed by atoms with Gasteiger partial charge in [0.05, 0.1) is 12.6 Å². The van der Waals surface area contributed by atoms with Gasteiger partial charge in [0, 0.05) is 6.20 Å². The van der Waals surface area contributed by atoms with Crippen molar-refractivity contribution < 1.29 is 98.0 Å². The first-order chi connectivity index (χ1) is 9.73. The first kappa shape index (κ1) is 23.7. The average Bonchev–Trinajstić information content (AvgIpc) is 2.65. The van der Waals surface area contributed by atoms with Crippen molar-refractivity contribution in [2.45, 2.75) is 24.5 Å². The number of ether oxygens (including phenoxy) is 1. The number of phosphoric acid groups is 1. The number of phosphoric ester groups is 1. The molecule has 14 heteroatoms. The Morgan fingerprint density at radius 3 is 2.61 bits per heavy atom. The summed E-state index contributed by atoms with van der Waals surface area (Å²) < 4.78 is 21.1. The number of nitrogens with one attached hydrogen (secondary N) is 1. The number of aromatic nitrogens is 2. The first-order valence-corrected chi connectivity index (χ1v) is 7.20. The van der Waals surface area contributed by atoms with E-state index in [0.29, 0.717) is 0 Å². The molecule has 23 heavy (non-hydrogen) atoms. The Morgan fingerprint density at radius 1 is 1.52 bits per heavy atom. The molecule has 0 aromatic carbocycles. The summed E-state index contributed by atoms with van der Waals surface area (Å²) >= 11 is 0. The topological polar surface area (TPSA) is 184 Å². The Labute approximate surface area is 174 Å². The molecule has 5 unspecified atom stereocenters. The van der Waals surface area contributed by atoms with E-state index < -0.39 is 45.0 Å². The van der Waals surface area contributed by atoms with E-state index in [4.69, 9.17) is 20.1 Å². The summed E-state index contributed by atoms with van der Waals surface area (Å²) in [4.78, 5) is 22.9. The third-order valence-corrected chi connectivity index (χ3v) is 3.36. The molecule has 0 radical (unpaired) electrons. The molecule has 0 aliphatic carbocycles. The Balaban J connectivity index is 0.00000242. The second kappa shape index (κ2) is 9.39. The zero-order valence-corrected chi connectivity index (χ0v) is 17.3. The van der Waals surface area contributed by atoms with Crippen molar-refractivity contribution in [3.63, 3.8) is 0 Å². The zero-order valence-electron chi connectivity index (χ0n) is 12.4. The van der Waals surface area contributed by atoms with E-state index in [1.54, 1.807) is 0 Å². The molecule has 0 spiro atoms. The van der Waals surface area contributed by atoms with E-state index in [0.717, 1.165) is 16.8 Å². The number of aliphatic hydroxyl groups excluding tert-OH is 2. The van der Waals surface area contributed by atoms with Crippen molar-refractivity contribution in [3.8, 4) is 6.01 Å².